The SMILES string of the molecule is C[C@@H]1O[C@@H](Oc2c[nH]c3ccc(Br)c(Cl)c23)[C@H](O)[C@H](O)[C@@H]1O. The molecule has 0 spiro atoms. The Morgan fingerprint density at radius 2 is 1.95 bits per heavy atom. The monoisotopic (exact) mass is 391 g/mol. The van der Waals surface area contributed by atoms with E-state index in [1.54, 1.807) is 19.2 Å². The van der Waals surface area contributed by atoms with E-state index in [2.05, 4.69) is 20.9 Å². The first kappa shape index (κ1) is 16.0. The summed E-state index contributed by atoms with van der Waals surface area (Å²) in [7, 11) is 0. The summed E-state index contributed by atoms with van der Waals surface area (Å²) in [6.07, 6.45) is -4.07. The second-order valence-corrected chi connectivity index (χ2v) is 6.47. The number of nitrogens with one attached hydrogen (secondary N) is 1. The molecule has 3 rings (SSSR count). The lowest BCUT2D eigenvalue weighted by Crippen LogP contribution is -2.58. The Hall–Kier alpha value is -0.830. The number of aromatic amines is 1. The Kier molecular flexibility index (Phi) is 4.37. The molecule has 0 saturated carbocycles. The standard InChI is InChI=1S/C14H15BrClNO5/c1-5-11(18)12(19)13(20)14(21-5)22-8-4-17-7-3-2-6(15)10(16)9(7)8/h2-5,11-14,17-20H,1H3/t5-,11+,12+,13+,14-/m0/s1. The van der Waals surface area contributed by atoms with Crippen LogP contribution in [-0.2, 0) is 4.74 Å². The number of aliphatic hydroxyl groups is 3. The highest BCUT2D eigenvalue weighted by atomic mass is 79.9. The smallest absolute Gasteiger partial charge is 0.229 e. The third kappa shape index (κ3) is 2.62. The summed E-state index contributed by atoms with van der Waals surface area (Å²) < 4.78 is 11.8. The Bertz CT molecular complexity index is 693. The zero-order valence-electron chi connectivity index (χ0n) is 11.5. The van der Waals surface area contributed by atoms with E-state index in [0.29, 0.717) is 20.6 Å². The second-order valence-electron chi connectivity index (χ2n) is 5.24. The lowest BCUT2D eigenvalue weighted by Gasteiger charge is -2.38. The van der Waals surface area contributed by atoms with Crippen LogP contribution < -0.4 is 4.74 Å². The van der Waals surface area contributed by atoms with Crippen LogP contribution in [0.5, 0.6) is 5.75 Å². The molecule has 6 nitrogen and oxygen atoms in total. The highest BCUT2D eigenvalue weighted by molar-refractivity contribution is 9.10. The number of halogens is 2. The van der Waals surface area contributed by atoms with E-state index < -0.39 is 30.7 Å². The number of fused-ring (bicyclic) bond motifs is 1. The molecule has 0 unspecified atom stereocenters. The molecule has 1 fully saturated rings. The average molecular weight is 393 g/mol. The first-order chi connectivity index (χ1) is 10.4. The summed E-state index contributed by atoms with van der Waals surface area (Å²) in [5.41, 5.74) is 0.766. The summed E-state index contributed by atoms with van der Waals surface area (Å²) in [4.78, 5) is 3.01. The zero-order chi connectivity index (χ0) is 16.0. The van der Waals surface area contributed by atoms with Crippen molar-refractivity contribution in [1.82, 2.24) is 4.98 Å². The minimum Gasteiger partial charge on any atom is -0.460 e. The van der Waals surface area contributed by atoms with E-state index in [9.17, 15) is 15.3 Å². The molecular formula is C14H15BrClNO5. The molecule has 0 aliphatic carbocycles. The Labute approximate surface area is 139 Å². The lowest BCUT2D eigenvalue weighted by atomic mass is 10.00. The van der Waals surface area contributed by atoms with Gasteiger partial charge in [0, 0.05) is 10.7 Å². The molecule has 22 heavy (non-hydrogen) atoms. The molecule has 1 aliphatic rings. The summed E-state index contributed by atoms with van der Waals surface area (Å²) in [6, 6.07) is 3.64. The van der Waals surface area contributed by atoms with E-state index in [0.717, 1.165) is 5.52 Å². The van der Waals surface area contributed by atoms with Crippen LogP contribution in [-0.4, -0.2) is 51.0 Å². The van der Waals surface area contributed by atoms with Gasteiger partial charge in [0.15, 0.2) is 0 Å². The first-order valence-electron chi connectivity index (χ1n) is 6.71. The molecule has 0 radical (unpaired) electrons. The van der Waals surface area contributed by atoms with E-state index in [1.807, 2.05) is 6.07 Å². The summed E-state index contributed by atoms with van der Waals surface area (Å²) in [6.45, 7) is 1.59. The first-order valence-corrected chi connectivity index (χ1v) is 7.88. The lowest BCUT2D eigenvalue weighted by molar-refractivity contribution is -0.267. The topological polar surface area (TPSA) is 94.9 Å². The molecule has 8 heteroatoms. The van der Waals surface area contributed by atoms with Gasteiger partial charge < -0.3 is 29.8 Å². The Morgan fingerprint density at radius 3 is 2.68 bits per heavy atom. The van der Waals surface area contributed by atoms with Crippen LogP contribution in [0.25, 0.3) is 10.9 Å². The third-order valence-corrected chi connectivity index (χ3v) is 5.03. The molecule has 0 amide bonds. The Balaban J connectivity index is 1.92. The van der Waals surface area contributed by atoms with Crippen molar-refractivity contribution >= 4 is 38.4 Å². The van der Waals surface area contributed by atoms with Crippen molar-refractivity contribution in [2.75, 3.05) is 0 Å². The Morgan fingerprint density at radius 1 is 1.23 bits per heavy atom. The number of aromatic nitrogens is 1. The minimum absolute atomic E-state index is 0.390. The average Bonchev–Trinajstić information content (AvgIpc) is 2.90. The highest BCUT2D eigenvalue weighted by Crippen LogP contribution is 2.38. The quantitative estimate of drug-likeness (QED) is 0.625. The summed E-state index contributed by atoms with van der Waals surface area (Å²) >= 11 is 9.61. The van der Waals surface area contributed by atoms with Crippen LogP contribution in [0.1, 0.15) is 6.92 Å². The number of aliphatic hydroxyl groups excluding tert-OH is 3. The van der Waals surface area contributed by atoms with Crippen LogP contribution in [0.15, 0.2) is 22.8 Å². The van der Waals surface area contributed by atoms with Crippen molar-refractivity contribution in [3.63, 3.8) is 0 Å². The molecule has 1 aromatic carbocycles. The van der Waals surface area contributed by atoms with Crippen molar-refractivity contribution in [2.45, 2.75) is 37.6 Å². The minimum atomic E-state index is -1.37. The van der Waals surface area contributed by atoms with Crippen molar-refractivity contribution in [2.24, 2.45) is 0 Å². The molecule has 5 atom stereocenters. The van der Waals surface area contributed by atoms with Crippen molar-refractivity contribution < 1.29 is 24.8 Å². The zero-order valence-corrected chi connectivity index (χ0v) is 13.9. The maximum atomic E-state index is 10.0. The summed E-state index contributed by atoms with van der Waals surface area (Å²) in [5.74, 6) is 0.390. The normalized spacial score (nSPS) is 32.4. The van der Waals surface area contributed by atoms with Gasteiger partial charge in [0.05, 0.1) is 22.0 Å². The number of hydrogen-bond acceptors (Lipinski definition) is 5. The molecule has 0 bridgehead atoms. The predicted molar refractivity (Wildman–Crippen MR) is 84.0 cm³/mol. The van der Waals surface area contributed by atoms with Gasteiger partial charge in [0.25, 0.3) is 0 Å². The predicted octanol–water partition coefficient (Wildman–Crippen LogP) is 1.79. The van der Waals surface area contributed by atoms with Crippen molar-refractivity contribution in [3.8, 4) is 5.75 Å². The summed E-state index contributed by atoms with van der Waals surface area (Å²) in [5, 5.41) is 30.6. The fourth-order valence-electron chi connectivity index (χ4n) is 2.46. The maximum Gasteiger partial charge on any atom is 0.229 e. The number of hydrogen-bond donors (Lipinski definition) is 4. The fourth-order valence-corrected chi connectivity index (χ4v) is 3.04. The number of H-pyrrole nitrogens is 1. The van der Waals surface area contributed by atoms with Crippen LogP contribution in [0.3, 0.4) is 0 Å². The molecule has 1 aliphatic heterocycles. The molecule has 2 heterocycles. The van der Waals surface area contributed by atoms with Crippen molar-refractivity contribution in [3.05, 3.63) is 27.8 Å². The highest BCUT2D eigenvalue weighted by Gasteiger charge is 2.43. The van der Waals surface area contributed by atoms with Crippen molar-refractivity contribution in [1.29, 1.82) is 0 Å². The van der Waals surface area contributed by atoms with E-state index in [1.165, 1.54) is 0 Å². The van der Waals surface area contributed by atoms with Gasteiger partial charge in [-0.05, 0) is 35.0 Å². The van der Waals surface area contributed by atoms with Gasteiger partial charge >= 0.3 is 0 Å². The maximum absolute atomic E-state index is 10.0. The van der Waals surface area contributed by atoms with Crippen LogP contribution in [0.2, 0.25) is 5.02 Å². The fraction of sp³-hybridized carbons (Fsp3) is 0.429. The molecular weight excluding hydrogens is 378 g/mol. The van der Waals surface area contributed by atoms with Crippen LogP contribution in [0, 0.1) is 0 Å². The number of rotatable bonds is 2. The van der Waals surface area contributed by atoms with Crippen LogP contribution in [0.4, 0.5) is 0 Å². The van der Waals surface area contributed by atoms with E-state index >= 15 is 0 Å². The van der Waals surface area contributed by atoms with E-state index in [-0.39, 0.29) is 0 Å². The van der Waals surface area contributed by atoms with Gasteiger partial charge in [-0.25, -0.2) is 0 Å². The van der Waals surface area contributed by atoms with Gasteiger partial charge in [-0.15, -0.1) is 0 Å². The molecule has 1 saturated heterocycles. The van der Waals surface area contributed by atoms with Gasteiger partial charge in [0.2, 0.25) is 6.29 Å². The van der Waals surface area contributed by atoms with Gasteiger partial charge in [0.1, 0.15) is 24.1 Å². The third-order valence-electron chi connectivity index (χ3n) is 3.75. The van der Waals surface area contributed by atoms with Gasteiger partial charge in [-0.3, -0.25) is 0 Å². The molecule has 120 valence electrons. The van der Waals surface area contributed by atoms with Gasteiger partial charge in [-0.1, -0.05) is 11.6 Å². The van der Waals surface area contributed by atoms with Crippen LogP contribution >= 0.6 is 27.5 Å². The molecule has 4 N–H and O–H groups in total. The van der Waals surface area contributed by atoms with Gasteiger partial charge in [-0.2, -0.15) is 0 Å². The number of ether oxygens (including phenoxy) is 2. The van der Waals surface area contributed by atoms with E-state index in [4.69, 9.17) is 21.1 Å². The molecule has 1 aromatic heterocycles. The number of benzene rings is 1. The largest absolute Gasteiger partial charge is 0.460 e. The second kappa shape index (κ2) is 5.99. The molecule has 2 aromatic rings.